The summed E-state index contributed by atoms with van der Waals surface area (Å²) in [6.07, 6.45) is 2.44. The number of fused-ring (bicyclic) bond motifs is 1. The molecule has 6 nitrogen and oxygen atoms in total. The molecule has 0 aliphatic rings. The van der Waals surface area contributed by atoms with E-state index in [-0.39, 0.29) is 0 Å². The predicted octanol–water partition coefficient (Wildman–Crippen LogP) is 2.61. The van der Waals surface area contributed by atoms with Crippen molar-refractivity contribution in [1.29, 1.82) is 0 Å². The minimum Gasteiger partial charge on any atom is -0.465 e. The van der Waals surface area contributed by atoms with Crippen LogP contribution in [0.15, 0.2) is 24.5 Å². The van der Waals surface area contributed by atoms with Gasteiger partial charge in [-0.3, -0.25) is 0 Å². The average Bonchev–Trinajstić information content (AvgIpc) is 2.79. The van der Waals surface area contributed by atoms with E-state index in [4.69, 9.17) is 9.47 Å². The Kier molecular flexibility index (Phi) is 3.48. The fourth-order valence-electron chi connectivity index (χ4n) is 1.78. The fraction of sp³-hybridized carbons (Fsp3) is 0.357. The van der Waals surface area contributed by atoms with E-state index in [0.717, 1.165) is 0 Å². The first kappa shape index (κ1) is 14.0. The van der Waals surface area contributed by atoms with E-state index in [1.54, 1.807) is 32.9 Å². The number of esters is 1. The number of aromatic nitrogens is 2. The Morgan fingerprint density at radius 2 is 1.95 bits per heavy atom. The van der Waals surface area contributed by atoms with Crippen molar-refractivity contribution in [2.75, 3.05) is 7.11 Å². The monoisotopic (exact) mass is 276 g/mol. The summed E-state index contributed by atoms with van der Waals surface area (Å²) in [5.41, 5.74) is 0.121. The number of carbonyl (C=O) groups is 2. The van der Waals surface area contributed by atoms with Crippen molar-refractivity contribution >= 4 is 23.1 Å². The molecule has 0 radical (unpaired) electrons. The lowest BCUT2D eigenvalue weighted by Crippen LogP contribution is -2.26. The molecule has 0 bridgehead atoms. The lowest BCUT2D eigenvalue weighted by molar-refractivity contribution is 0.0541. The van der Waals surface area contributed by atoms with Gasteiger partial charge in [0.1, 0.15) is 11.2 Å². The molecule has 0 saturated heterocycles. The Labute approximate surface area is 116 Å². The molecule has 0 unspecified atom stereocenters. The first-order valence-corrected chi connectivity index (χ1v) is 6.11. The minimum atomic E-state index is -0.604. The third-order valence-corrected chi connectivity index (χ3v) is 2.58. The first-order chi connectivity index (χ1) is 9.33. The third-order valence-electron chi connectivity index (χ3n) is 2.58. The quantitative estimate of drug-likeness (QED) is 0.749. The summed E-state index contributed by atoms with van der Waals surface area (Å²) in [6.45, 7) is 5.34. The van der Waals surface area contributed by atoms with Gasteiger partial charge in [0.05, 0.1) is 12.7 Å². The SMILES string of the molecule is COC(=O)c1ccnc2c1ccn2C(=O)OC(C)(C)C. The molecule has 6 heteroatoms. The van der Waals surface area contributed by atoms with Crippen molar-refractivity contribution in [3.63, 3.8) is 0 Å². The molecule has 0 amide bonds. The number of hydrogen-bond acceptors (Lipinski definition) is 5. The highest BCUT2D eigenvalue weighted by Gasteiger charge is 2.21. The summed E-state index contributed by atoms with van der Waals surface area (Å²) in [7, 11) is 1.31. The van der Waals surface area contributed by atoms with Gasteiger partial charge in [-0.15, -0.1) is 0 Å². The van der Waals surface area contributed by atoms with Crippen LogP contribution in [0.3, 0.4) is 0 Å². The normalized spacial score (nSPS) is 11.4. The number of hydrogen-bond donors (Lipinski definition) is 0. The van der Waals surface area contributed by atoms with Gasteiger partial charge in [-0.2, -0.15) is 0 Å². The van der Waals surface area contributed by atoms with Crippen LogP contribution in [-0.2, 0) is 9.47 Å². The van der Waals surface area contributed by atoms with Crippen molar-refractivity contribution in [3.05, 3.63) is 30.1 Å². The number of methoxy groups -OCH3 is 1. The Morgan fingerprint density at radius 3 is 2.55 bits per heavy atom. The zero-order valence-corrected chi connectivity index (χ0v) is 11.8. The van der Waals surface area contributed by atoms with Crippen molar-refractivity contribution in [2.45, 2.75) is 26.4 Å². The minimum absolute atomic E-state index is 0.361. The topological polar surface area (TPSA) is 70.4 Å². The van der Waals surface area contributed by atoms with E-state index < -0.39 is 17.7 Å². The van der Waals surface area contributed by atoms with E-state index in [1.165, 1.54) is 24.1 Å². The molecule has 2 aromatic rings. The smallest absolute Gasteiger partial charge is 0.420 e. The lowest BCUT2D eigenvalue weighted by atomic mass is 10.2. The van der Waals surface area contributed by atoms with E-state index in [1.807, 2.05) is 0 Å². The zero-order valence-electron chi connectivity index (χ0n) is 11.8. The molecule has 0 aromatic carbocycles. The van der Waals surface area contributed by atoms with Gasteiger partial charge in [-0.1, -0.05) is 0 Å². The Bertz CT molecular complexity index is 667. The molecule has 0 spiro atoms. The van der Waals surface area contributed by atoms with Gasteiger partial charge < -0.3 is 9.47 Å². The summed E-state index contributed by atoms with van der Waals surface area (Å²) in [6, 6.07) is 3.19. The van der Waals surface area contributed by atoms with Crippen LogP contribution in [0.4, 0.5) is 4.79 Å². The molecule has 0 aliphatic carbocycles. The molecular formula is C14H16N2O4. The maximum atomic E-state index is 12.1. The summed E-state index contributed by atoms with van der Waals surface area (Å²) in [5.74, 6) is -0.473. The molecule has 0 saturated carbocycles. The van der Waals surface area contributed by atoms with Crippen LogP contribution in [-0.4, -0.2) is 34.3 Å². The van der Waals surface area contributed by atoms with Crippen LogP contribution < -0.4 is 0 Å². The first-order valence-electron chi connectivity index (χ1n) is 6.11. The third kappa shape index (κ3) is 2.64. The summed E-state index contributed by atoms with van der Waals surface area (Å²) in [4.78, 5) is 27.9. The second-order valence-electron chi connectivity index (χ2n) is 5.25. The molecule has 0 atom stereocenters. The number of carbonyl (C=O) groups excluding carboxylic acids is 2. The molecule has 20 heavy (non-hydrogen) atoms. The van der Waals surface area contributed by atoms with Crippen LogP contribution >= 0.6 is 0 Å². The van der Waals surface area contributed by atoms with Crippen LogP contribution in [0, 0.1) is 0 Å². The molecule has 0 aliphatic heterocycles. The number of nitrogens with zero attached hydrogens (tertiary/aromatic N) is 2. The second-order valence-corrected chi connectivity index (χ2v) is 5.25. The summed E-state index contributed by atoms with van der Waals surface area (Å²) < 4.78 is 11.3. The zero-order chi connectivity index (χ0) is 14.9. The van der Waals surface area contributed by atoms with Gasteiger partial charge in [-0.05, 0) is 32.9 Å². The maximum Gasteiger partial charge on any atom is 0.420 e. The van der Waals surface area contributed by atoms with Crippen molar-refractivity contribution in [3.8, 4) is 0 Å². The molecule has 0 N–H and O–H groups in total. The summed E-state index contributed by atoms with van der Waals surface area (Å²) >= 11 is 0. The molecule has 2 heterocycles. The van der Waals surface area contributed by atoms with E-state index in [9.17, 15) is 9.59 Å². The predicted molar refractivity (Wildman–Crippen MR) is 72.7 cm³/mol. The molecular weight excluding hydrogens is 260 g/mol. The molecule has 2 rings (SSSR count). The Hall–Kier alpha value is -2.37. The molecule has 0 fully saturated rings. The Morgan fingerprint density at radius 1 is 1.25 bits per heavy atom. The number of rotatable bonds is 1. The van der Waals surface area contributed by atoms with Gasteiger partial charge in [0, 0.05) is 17.8 Å². The van der Waals surface area contributed by atoms with E-state index in [0.29, 0.717) is 16.6 Å². The second kappa shape index (κ2) is 4.96. The average molecular weight is 276 g/mol. The maximum absolute atomic E-state index is 12.1. The van der Waals surface area contributed by atoms with Gasteiger partial charge in [-0.25, -0.2) is 19.1 Å². The van der Waals surface area contributed by atoms with Crippen molar-refractivity contribution < 1.29 is 19.1 Å². The van der Waals surface area contributed by atoms with Crippen molar-refractivity contribution in [1.82, 2.24) is 9.55 Å². The number of pyridine rings is 1. The van der Waals surface area contributed by atoms with Gasteiger partial charge in [0.2, 0.25) is 0 Å². The van der Waals surface area contributed by atoms with Gasteiger partial charge in [0.15, 0.2) is 0 Å². The standard InChI is InChI=1S/C14H16N2O4/c1-14(2,3)20-13(18)16-8-6-9-10(12(17)19-4)5-7-15-11(9)16/h5-8H,1-4H3. The van der Waals surface area contributed by atoms with E-state index in [2.05, 4.69) is 4.98 Å². The highest BCUT2D eigenvalue weighted by Crippen LogP contribution is 2.20. The van der Waals surface area contributed by atoms with Gasteiger partial charge in [0.25, 0.3) is 0 Å². The Balaban J connectivity index is 2.48. The van der Waals surface area contributed by atoms with Crippen LogP contribution in [0.1, 0.15) is 31.1 Å². The summed E-state index contributed by atoms with van der Waals surface area (Å²) in [5, 5.41) is 0.546. The largest absolute Gasteiger partial charge is 0.465 e. The van der Waals surface area contributed by atoms with Gasteiger partial charge >= 0.3 is 12.1 Å². The van der Waals surface area contributed by atoms with Crippen molar-refractivity contribution in [2.24, 2.45) is 0 Å². The molecule has 106 valence electrons. The van der Waals surface area contributed by atoms with Crippen LogP contribution in [0.2, 0.25) is 0 Å². The fourth-order valence-corrected chi connectivity index (χ4v) is 1.78. The highest BCUT2D eigenvalue weighted by molar-refractivity contribution is 6.04. The van der Waals surface area contributed by atoms with Crippen LogP contribution in [0.5, 0.6) is 0 Å². The molecule has 2 aromatic heterocycles. The lowest BCUT2D eigenvalue weighted by Gasteiger charge is -2.19. The van der Waals surface area contributed by atoms with E-state index >= 15 is 0 Å². The highest BCUT2D eigenvalue weighted by atomic mass is 16.6. The van der Waals surface area contributed by atoms with Crippen LogP contribution in [0.25, 0.3) is 11.0 Å². The number of ether oxygens (including phenoxy) is 2.